The van der Waals surface area contributed by atoms with Crippen LogP contribution in [0.25, 0.3) is 6.08 Å². The molecule has 1 aromatic carbocycles. The van der Waals surface area contributed by atoms with Gasteiger partial charge in [-0.15, -0.1) is 0 Å². The molecule has 0 radical (unpaired) electrons. The standard InChI is InChI=1S/C17H18N2/c1-3-7-15-13(5-1)11-14-6-2-4-8-16(14)19-12-18-10-9-17(15)19/h1-5,7-8,11,17-18H,6,9-10,12H2. The zero-order chi connectivity index (χ0) is 12.7. The Balaban J connectivity index is 1.91. The van der Waals surface area contributed by atoms with Crippen molar-refractivity contribution in [3.63, 3.8) is 0 Å². The van der Waals surface area contributed by atoms with Crippen molar-refractivity contribution in [2.24, 2.45) is 0 Å². The SMILES string of the molecule is C1=CCC2=Cc3ccccc3C3CCNCN3C2=C1. The lowest BCUT2D eigenvalue weighted by Crippen LogP contribution is -2.43. The van der Waals surface area contributed by atoms with Gasteiger partial charge < -0.3 is 4.90 Å². The fourth-order valence-corrected chi connectivity index (χ4v) is 3.39. The quantitative estimate of drug-likeness (QED) is 0.760. The molecule has 1 aromatic rings. The third-order valence-corrected chi connectivity index (χ3v) is 4.30. The van der Waals surface area contributed by atoms with Gasteiger partial charge in [-0.1, -0.05) is 36.4 Å². The van der Waals surface area contributed by atoms with Crippen molar-refractivity contribution in [1.29, 1.82) is 0 Å². The highest BCUT2D eigenvalue weighted by molar-refractivity contribution is 5.65. The van der Waals surface area contributed by atoms with Gasteiger partial charge in [0.1, 0.15) is 0 Å². The number of allylic oxidation sites excluding steroid dienone is 4. The van der Waals surface area contributed by atoms with Crippen LogP contribution in [0.3, 0.4) is 0 Å². The summed E-state index contributed by atoms with van der Waals surface area (Å²) in [5.74, 6) is 0. The summed E-state index contributed by atoms with van der Waals surface area (Å²) in [6.07, 6.45) is 11.3. The summed E-state index contributed by atoms with van der Waals surface area (Å²) in [5, 5.41) is 3.51. The van der Waals surface area contributed by atoms with Gasteiger partial charge in [-0.3, -0.25) is 5.32 Å². The average molecular weight is 250 g/mol. The van der Waals surface area contributed by atoms with Gasteiger partial charge in [-0.2, -0.15) is 0 Å². The smallest absolute Gasteiger partial charge is 0.0688 e. The minimum absolute atomic E-state index is 0.518. The Bertz CT molecular complexity index is 595. The summed E-state index contributed by atoms with van der Waals surface area (Å²) in [4.78, 5) is 2.53. The number of nitrogens with zero attached hydrogens (tertiary/aromatic N) is 1. The zero-order valence-electron chi connectivity index (χ0n) is 11.0. The van der Waals surface area contributed by atoms with Gasteiger partial charge in [0.05, 0.1) is 12.7 Å². The highest BCUT2D eigenvalue weighted by Gasteiger charge is 2.30. The summed E-state index contributed by atoms with van der Waals surface area (Å²) in [6.45, 7) is 2.06. The van der Waals surface area contributed by atoms with E-state index < -0.39 is 0 Å². The van der Waals surface area contributed by atoms with E-state index in [0.29, 0.717) is 6.04 Å². The molecule has 96 valence electrons. The number of nitrogens with one attached hydrogen (secondary N) is 1. The molecule has 4 rings (SSSR count). The number of benzene rings is 1. The van der Waals surface area contributed by atoms with E-state index in [1.54, 1.807) is 0 Å². The summed E-state index contributed by atoms with van der Waals surface area (Å²) in [7, 11) is 0. The van der Waals surface area contributed by atoms with E-state index >= 15 is 0 Å². The molecule has 0 saturated carbocycles. The molecular formula is C17H18N2. The molecule has 0 amide bonds. The van der Waals surface area contributed by atoms with E-state index in [1.165, 1.54) is 28.8 Å². The maximum atomic E-state index is 3.51. The predicted octanol–water partition coefficient (Wildman–Crippen LogP) is 3.22. The third kappa shape index (κ3) is 1.75. The van der Waals surface area contributed by atoms with E-state index in [-0.39, 0.29) is 0 Å². The fourth-order valence-electron chi connectivity index (χ4n) is 3.39. The van der Waals surface area contributed by atoms with E-state index in [0.717, 1.165) is 19.6 Å². The predicted molar refractivity (Wildman–Crippen MR) is 78.3 cm³/mol. The monoisotopic (exact) mass is 250 g/mol. The van der Waals surface area contributed by atoms with Crippen molar-refractivity contribution in [2.75, 3.05) is 13.2 Å². The number of hydrogen-bond acceptors (Lipinski definition) is 2. The minimum atomic E-state index is 0.518. The molecule has 19 heavy (non-hydrogen) atoms. The van der Waals surface area contributed by atoms with Crippen LogP contribution in [0.1, 0.15) is 30.0 Å². The van der Waals surface area contributed by atoms with E-state index in [4.69, 9.17) is 0 Å². The molecule has 1 atom stereocenters. The van der Waals surface area contributed by atoms with Crippen molar-refractivity contribution >= 4 is 6.08 Å². The second-order valence-electron chi connectivity index (χ2n) is 5.42. The molecule has 1 saturated heterocycles. The fraction of sp³-hybridized carbons (Fsp3) is 0.294. The lowest BCUT2D eigenvalue weighted by molar-refractivity contribution is 0.189. The van der Waals surface area contributed by atoms with Crippen molar-refractivity contribution in [3.05, 3.63) is 64.9 Å². The zero-order valence-corrected chi connectivity index (χ0v) is 11.0. The number of rotatable bonds is 0. The Morgan fingerprint density at radius 2 is 2.16 bits per heavy atom. The molecule has 2 nitrogen and oxygen atoms in total. The van der Waals surface area contributed by atoms with E-state index in [1.807, 2.05) is 0 Å². The summed E-state index contributed by atoms with van der Waals surface area (Å²) in [6, 6.07) is 9.38. The van der Waals surface area contributed by atoms with Crippen LogP contribution in [0.5, 0.6) is 0 Å². The molecule has 0 bridgehead atoms. The molecule has 1 fully saturated rings. The summed E-state index contributed by atoms with van der Waals surface area (Å²) in [5.41, 5.74) is 5.72. The molecule has 3 aliphatic rings. The molecule has 2 heteroatoms. The van der Waals surface area contributed by atoms with Gasteiger partial charge in [0.15, 0.2) is 0 Å². The Hall–Kier alpha value is -1.80. The Labute approximate surface area is 114 Å². The first-order valence-electron chi connectivity index (χ1n) is 7.07. The molecule has 1 aliphatic carbocycles. The van der Waals surface area contributed by atoms with E-state index in [2.05, 4.69) is 58.8 Å². The lowest BCUT2D eigenvalue weighted by Gasteiger charge is -2.39. The van der Waals surface area contributed by atoms with Crippen molar-refractivity contribution in [3.8, 4) is 0 Å². The first kappa shape index (κ1) is 11.1. The summed E-state index contributed by atoms with van der Waals surface area (Å²) >= 11 is 0. The molecular weight excluding hydrogens is 232 g/mol. The van der Waals surface area contributed by atoms with Gasteiger partial charge in [0, 0.05) is 5.70 Å². The van der Waals surface area contributed by atoms with Crippen molar-refractivity contribution < 1.29 is 0 Å². The van der Waals surface area contributed by atoms with Crippen molar-refractivity contribution in [1.82, 2.24) is 10.2 Å². The van der Waals surface area contributed by atoms with Gasteiger partial charge >= 0.3 is 0 Å². The lowest BCUT2D eigenvalue weighted by atomic mass is 9.96. The molecule has 2 aliphatic heterocycles. The van der Waals surface area contributed by atoms with Crippen LogP contribution in [0, 0.1) is 0 Å². The van der Waals surface area contributed by atoms with Gasteiger partial charge in [-0.05, 0) is 48.2 Å². The van der Waals surface area contributed by atoms with Gasteiger partial charge in [-0.25, -0.2) is 0 Å². The first-order chi connectivity index (χ1) is 9.43. The van der Waals surface area contributed by atoms with Crippen LogP contribution >= 0.6 is 0 Å². The minimum Gasteiger partial charge on any atom is -0.351 e. The molecule has 0 spiro atoms. The van der Waals surface area contributed by atoms with Gasteiger partial charge in [0.25, 0.3) is 0 Å². The third-order valence-electron chi connectivity index (χ3n) is 4.30. The maximum Gasteiger partial charge on any atom is 0.0688 e. The Kier molecular flexibility index (Phi) is 2.56. The highest BCUT2D eigenvalue weighted by atomic mass is 15.3. The maximum absolute atomic E-state index is 3.51. The van der Waals surface area contributed by atoms with E-state index in [9.17, 15) is 0 Å². The van der Waals surface area contributed by atoms with Crippen LogP contribution in [-0.2, 0) is 0 Å². The van der Waals surface area contributed by atoms with Crippen LogP contribution < -0.4 is 5.32 Å². The highest BCUT2D eigenvalue weighted by Crippen LogP contribution is 2.40. The van der Waals surface area contributed by atoms with Crippen LogP contribution in [0.4, 0.5) is 0 Å². The number of fused-ring (bicyclic) bond motifs is 5. The van der Waals surface area contributed by atoms with Gasteiger partial charge in [0.2, 0.25) is 0 Å². The van der Waals surface area contributed by atoms with Crippen LogP contribution in [-0.4, -0.2) is 18.1 Å². The van der Waals surface area contributed by atoms with Crippen LogP contribution in [0.2, 0.25) is 0 Å². The average Bonchev–Trinajstić information content (AvgIpc) is 2.62. The Morgan fingerprint density at radius 3 is 3.16 bits per heavy atom. The largest absolute Gasteiger partial charge is 0.351 e. The second-order valence-corrected chi connectivity index (χ2v) is 5.42. The number of hydrogen-bond donors (Lipinski definition) is 1. The normalized spacial score (nSPS) is 24.6. The van der Waals surface area contributed by atoms with Crippen molar-refractivity contribution in [2.45, 2.75) is 18.9 Å². The topological polar surface area (TPSA) is 15.3 Å². The second kappa shape index (κ2) is 4.39. The molecule has 1 unspecified atom stereocenters. The molecule has 1 N–H and O–H groups in total. The Morgan fingerprint density at radius 1 is 1.21 bits per heavy atom. The molecule has 2 heterocycles. The van der Waals surface area contributed by atoms with Crippen LogP contribution in [0.15, 0.2) is 53.8 Å². The first-order valence-corrected chi connectivity index (χ1v) is 7.07. The summed E-state index contributed by atoms with van der Waals surface area (Å²) < 4.78 is 0. The molecule has 0 aromatic heterocycles.